The molecule has 2 atom stereocenters. The Bertz CT molecular complexity index is 408. The molecular formula is C14H20F2N2O. The lowest BCUT2D eigenvalue weighted by atomic mass is 9.99. The second-order valence-corrected chi connectivity index (χ2v) is 4.91. The first-order valence-electron chi connectivity index (χ1n) is 6.59. The Kier molecular flexibility index (Phi) is 4.85. The Morgan fingerprint density at radius 3 is 2.63 bits per heavy atom. The van der Waals surface area contributed by atoms with E-state index in [1.165, 1.54) is 12.1 Å². The molecule has 0 radical (unpaired) electrons. The normalized spacial score (nSPS) is 22.4. The molecule has 1 aliphatic heterocycles. The molecular weight excluding hydrogens is 250 g/mol. The minimum atomic E-state index is -0.554. The third kappa shape index (κ3) is 3.72. The van der Waals surface area contributed by atoms with Crippen LogP contribution in [0.25, 0.3) is 0 Å². The van der Waals surface area contributed by atoms with Gasteiger partial charge in [0.1, 0.15) is 11.6 Å². The smallest absolute Gasteiger partial charge is 0.126 e. The Labute approximate surface area is 112 Å². The monoisotopic (exact) mass is 270 g/mol. The zero-order valence-corrected chi connectivity index (χ0v) is 11.3. The molecule has 0 amide bonds. The summed E-state index contributed by atoms with van der Waals surface area (Å²) in [5, 5.41) is 3.26. The van der Waals surface area contributed by atoms with Crippen molar-refractivity contribution in [2.45, 2.75) is 19.1 Å². The van der Waals surface area contributed by atoms with E-state index in [2.05, 4.69) is 10.2 Å². The average Bonchev–Trinajstić information content (AvgIpc) is 2.34. The molecule has 106 valence electrons. The molecule has 1 aromatic rings. The molecule has 2 rings (SSSR count). The van der Waals surface area contributed by atoms with Crippen LogP contribution >= 0.6 is 0 Å². The van der Waals surface area contributed by atoms with Crippen LogP contribution in [0, 0.1) is 11.6 Å². The summed E-state index contributed by atoms with van der Waals surface area (Å²) in [5.74, 6) is -1.11. The maximum absolute atomic E-state index is 13.4. The summed E-state index contributed by atoms with van der Waals surface area (Å²) in [7, 11) is 2.02. The van der Waals surface area contributed by atoms with Crippen LogP contribution < -0.4 is 5.32 Å². The summed E-state index contributed by atoms with van der Waals surface area (Å²) in [4.78, 5) is 2.16. The number of ether oxygens (including phenoxy) is 1. The van der Waals surface area contributed by atoms with Crippen molar-refractivity contribution in [1.29, 1.82) is 0 Å². The first-order valence-corrected chi connectivity index (χ1v) is 6.59. The van der Waals surface area contributed by atoms with Gasteiger partial charge in [0.2, 0.25) is 0 Å². The van der Waals surface area contributed by atoms with Gasteiger partial charge < -0.3 is 15.0 Å². The Balaban J connectivity index is 2.22. The molecule has 3 nitrogen and oxygen atoms in total. The van der Waals surface area contributed by atoms with Crippen molar-refractivity contribution in [2.75, 3.05) is 33.3 Å². The molecule has 2 unspecified atom stereocenters. The molecule has 1 N–H and O–H groups in total. The first-order chi connectivity index (χ1) is 9.10. The summed E-state index contributed by atoms with van der Waals surface area (Å²) in [6.07, 6.45) is -0.0973. The third-order valence-corrected chi connectivity index (χ3v) is 3.34. The van der Waals surface area contributed by atoms with Gasteiger partial charge in [-0.15, -0.1) is 0 Å². The Morgan fingerprint density at radius 2 is 2.05 bits per heavy atom. The van der Waals surface area contributed by atoms with Crippen LogP contribution in [0.5, 0.6) is 0 Å². The molecule has 0 spiro atoms. The van der Waals surface area contributed by atoms with E-state index in [0.717, 1.165) is 19.2 Å². The number of rotatable bonds is 4. The van der Waals surface area contributed by atoms with E-state index in [1.807, 2.05) is 14.0 Å². The lowest BCUT2D eigenvalue weighted by Gasteiger charge is -2.35. The van der Waals surface area contributed by atoms with Crippen molar-refractivity contribution in [2.24, 2.45) is 0 Å². The Hall–Kier alpha value is -1.04. The predicted molar refractivity (Wildman–Crippen MR) is 70.0 cm³/mol. The van der Waals surface area contributed by atoms with Crippen LogP contribution in [-0.2, 0) is 4.74 Å². The molecule has 0 saturated carbocycles. The van der Waals surface area contributed by atoms with Gasteiger partial charge >= 0.3 is 0 Å². The van der Waals surface area contributed by atoms with Gasteiger partial charge in [-0.2, -0.15) is 0 Å². The zero-order chi connectivity index (χ0) is 13.8. The topological polar surface area (TPSA) is 24.5 Å². The zero-order valence-electron chi connectivity index (χ0n) is 11.3. The lowest BCUT2D eigenvalue weighted by molar-refractivity contribution is -0.0390. The number of hydrogen-bond acceptors (Lipinski definition) is 3. The number of nitrogens with one attached hydrogen (secondary N) is 1. The summed E-state index contributed by atoms with van der Waals surface area (Å²) in [6.45, 7) is 4.95. The van der Waals surface area contributed by atoms with Crippen molar-refractivity contribution in [1.82, 2.24) is 10.2 Å². The fourth-order valence-electron chi connectivity index (χ4n) is 2.45. The highest BCUT2D eigenvalue weighted by molar-refractivity contribution is 5.23. The van der Waals surface area contributed by atoms with Crippen molar-refractivity contribution >= 4 is 0 Å². The van der Waals surface area contributed by atoms with Crippen LogP contribution in [0.4, 0.5) is 8.78 Å². The number of nitrogens with zero attached hydrogens (tertiary/aromatic N) is 1. The fourth-order valence-corrected chi connectivity index (χ4v) is 2.45. The van der Waals surface area contributed by atoms with E-state index < -0.39 is 11.6 Å². The van der Waals surface area contributed by atoms with E-state index in [0.29, 0.717) is 18.7 Å². The molecule has 0 aliphatic carbocycles. The first kappa shape index (κ1) is 14.4. The molecule has 1 aliphatic rings. The summed E-state index contributed by atoms with van der Waals surface area (Å²) >= 11 is 0. The maximum Gasteiger partial charge on any atom is 0.126 e. The number of halogens is 2. The quantitative estimate of drug-likeness (QED) is 0.905. The molecule has 1 heterocycles. The van der Waals surface area contributed by atoms with Gasteiger partial charge in [-0.1, -0.05) is 6.92 Å². The summed E-state index contributed by atoms with van der Waals surface area (Å²) < 4.78 is 32.5. The van der Waals surface area contributed by atoms with E-state index in [9.17, 15) is 8.78 Å². The van der Waals surface area contributed by atoms with Gasteiger partial charge in [0.15, 0.2) is 0 Å². The van der Waals surface area contributed by atoms with Crippen molar-refractivity contribution in [3.05, 3.63) is 35.4 Å². The third-order valence-electron chi connectivity index (χ3n) is 3.34. The molecule has 19 heavy (non-hydrogen) atoms. The highest BCUT2D eigenvalue weighted by Gasteiger charge is 2.28. The predicted octanol–water partition coefficient (Wildman–Crippen LogP) is 1.95. The van der Waals surface area contributed by atoms with Gasteiger partial charge in [0.05, 0.1) is 18.8 Å². The molecule has 0 bridgehead atoms. The minimum Gasteiger partial charge on any atom is -0.374 e. The van der Waals surface area contributed by atoms with Crippen LogP contribution in [0.2, 0.25) is 0 Å². The largest absolute Gasteiger partial charge is 0.374 e. The highest BCUT2D eigenvalue weighted by Crippen LogP contribution is 2.23. The van der Waals surface area contributed by atoms with Gasteiger partial charge in [0, 0.05) is 19.2 Å². The number of benzene rings is 1. The second-order valence-electron chi connectivity index (χ2n) is 4.91. The lowest BCUT2D eigenvalue weighted by Crippen LogP contribution is -2.46. The van der Waals surface area contributed by atoms with Gasteiger partial charge in [-0.05, 0) is 31.3 Å². The van der Waals surface area contributed by atoms with Crippen molar-refractivity contribution in [3.8, 4) is 0 Å². The summed E-state index contributed by atoms with van der Waals surface area (Å²) in [5.41, 5.74) is 0.597. The molecule has 1 saturated heterocycles. The van der Waals surface area contributed by atoms with Crippen LogP contribution in [0.3, 0.4) is 0 Å². The number of hydrogen-bond donors (Lipinski definition) is 1. The van der Waals surface area contributed by atoms with Gasteiger partial charge in [0.25, 0.3) is 0 Å². The SMILES string of the molecule is CCNC(c1cc(F)cc(F)c1)C1CN(C)CCO1. The molecule has 1 aromatic carbocycles. The van der Waals surface area contributed by atoms with Gasteiger partial charge in [-0.25, -0.2) is 8.78 Å². The summed E-state index contributed by atoms with van der Waals surface area (Å²) in [6, 6.07) is 3.43. The van der Waals surface area contributed by atoms with Gasteiger partial charge in [-0.3, -0.25) is 0 Å². The standard InChI is InChI=1S/C14H20F2N2O/c1-3-17-14(13-9-18(2)4-5-19-13)10-6-11(15)8-12(16)7-10/h6-8,13-14,17H,3-5,9H2,1-2H3. The van der Waals surface area contributed by atoms with E-state index in [-0.39, 0.29) is 12.1 Å². The van der Waals surface area contributed by atoms with Crippen LogP contribution in [-0.4, -0.2) is 44.3 Å². The van der Waals surface area contributed by atoms with E-state index in [1.54, 1.807) is 0 Å². The minimum absolute atomic E-state index is 0.0973. The fraction of sp³-hybridized carbons (Fsp3) is 0.571. The van der Waals surface area contributed by atoms with E-state index >= 15 is 0 Å². The van der Waals surface area contributed by atoms with Crippen molar-refractivity contribution in [3.63, 3.8) is 0 Å². The second kappa shape index (κ2) is 6.41. The molecule has 1 fully saturated rings. The number of morpholine rings is 1. The number of likely N-dealkylation sites (N-methyl/N-ethyl adjacent to an activating group) is 2. The molecule has 0 aromatic heterocycles. The Morgan fingerprint density at radius 1 is 1.37 bits per heavy atom. The van der Waals surface area contributed by atoms with E-state index in [4.69, 9.17) is 4.74 Å². The highest BCUT2D eigenvalue weighted by atomic mass is 19.1. The van der Waals surface area contributed by atoms with Crippen molar-refractivity contribution < 1.29 is 13.5 Å². The maximum atomic E-state index is 13.4. The average molecular weight is 270 g/mol. The van der Waals surface area contributed by atoms with Crippen LogP contribution in [0.15, 0.2) is 18.2 Å². The molecule has 5 heteroatoms. The van der Waals surface area contributed by atoms with Crippen LogP contribution in [0.1, 0.15) is 18.5 Å².